The zero-order chi connectivity index (χ0) is 14.7. The topological polar surface area (TPSA) is 47.2 Å². The number of aromatic nitrogens is 2. The second-order valence-corrected chi connectivity index (χ2v) is 5.16. The largest absolute Gasteiger partial charge is 0.331 e. The number of hydrogen-bond acceptors (Lipinski definition) is 3. The highest BCUT2D eigenvalue weighted by molar-refractivity contribution is 5.77. The Hall–Kier alpha value is -1.88. The van der Waals surface area contributed by atoms with E-state index < -0.39 is 0 Å². The van der Waals surface area contributed by atoms with Crippen LogP contribution in [0.1, 0.15) is 13.3 Å². The maximum Gasteiger partial charge on any atom is 0.331 e. The second-order valence-electron chi connectivity index (χ2n) is 5.16. The molecule has 0 atom stereocenters. The molecule has 1 aromatic heterocycles. The van der Waals surface area contributed by atoms with Gasteiger partial charge in [0, 0.05) is 13.1 Å². The van der Waals surface area contributed by atoms with Gasteiger partial charge in [0.05, 0.1) is 10.9 Å². The lowest BCUT2D eigenvalue weighted by molar-refractivity contribution is 0.384. The van der Waals surface area contributed by atoms with Gasteiger partial charge in [-0.2, -0.15) is 0 Å². The van der Waals surface area contributed by atoms with E-state index in [4.69, 9.17) is 0 Å². The van der Waals surface area contributed by atoms with Gasteiger partial charge in [-0.05, 0) is 46.1 Å². The molecule has 0 saturated carbocycles. The van der Waals surface area contributed by atoms with Crippen molar-refractivity contribution in [3.05, 3.63) is 45.1 Å². The van der Waals surface area contributed by atoms with E-state index in [2.05, 4.69) is 4.90 Å². The summed E-state index contributed by atoms with van der Waals surface area (Å²) in [6.45, 7) is 3.75. The van der Waals surface area contributed by atoms with E-state index in [1.165, 1.54) is 4.57 Å². The molecular formula is C15H21N3O2. The van der Waals surface area contributed by atoms with Crippen LogP contribution in [0.4, 0.5) is 0 Å². The first-order valence-corrected chi connectivity index (χ1v) is 6.93. The van der Waals surface area contributed by atoms with Crippen LogP contribution in [0.15, 0.2) is 33.9 Å². The van der Waals surface area contributed by atoms with Gasteiger partial charge < -0.3 is 4.90 Å². The van der Waals surface area contributed by atoms with Crippen LogP contribution in [0.5, 0.6) is 0 Å². The second kappa shape index (κ2) is 6.05. The van der Waals surface area contributed by atoms with Gasteiger partial charge in [0.1, 0.15) is 0 Å². The first-order valence-electron chi connectivity index (χ1n) is 6.93. The van der Waals surface area contributed by atoms with Crippen LogP contribution in [-0.2, 0) is 13.1 Å². The summed E-state index contributed by atoms with van der Waals surface area (Å²) in [5, 5.41) is 0.610. The Morgan fingerprint density at radius 3 is 2.45 bits per heavy atom. The van der Waals surface area contributed by atoms with Crippen LogP contribution < -0.4 is 11.2 Å². The van der Waals surface area contributed by atoms with Crippen molar-refractivity contribution in [1.29, 1.82) is 0 Å². The monoisotopic (exact) mass is 275 g/mol. The maximum absolute atomic E-state index is 12.4. The van der Waals surface area contributed by atoms with Gasteiger partial charge in [0.15, 0.2) is 0 Å². The molecule has 0 saturated heterocycles. The zero-order valence-corrected chi connectivity index (χ0v) is 12.3. The normalized spacial score (nSPS) is 11.4. The van der Waals surface area contributed by atoms with Crippen molar-refractivity contribution in [2.24, 2.45) is 0 Å². The van der Waals surface area contributed by atoms with Gasteiger partial charge in [-0.25, -0.2) is 4.79 Å². The van der Waals surface area contributed by atoms with E-state index in [1.54, 1.807) is 10.6 Å². The van der Waals surface area contributed by atoms with E-state index in [1.807, 2.05) is 39.2 Å². The summed E-state index contributed by atoms with van der Waals surface area (Å²) in [6, 6.07) is 7.32. The summed E-state index contributed by atoms with van der Waals surface area (Å²) in [7, 11) is 4.02. The van der Waals surface area contributed by atoms with Gasteiger partial charge in [-0.15, -0.1) is 0 Å². The van der Waals surface area contributed by atoms with Gasteiger partial charge >= 0.3 is 5.69 Å². The van der Waals surface area contributed by atoms with Crippen molar-refractivity contribution in [3.63, 3.8) is 0 Å². The van der Waals surface area contributed by atoms with E-state index in [-0.39, 0.29) is 11.2 Å². The van der Waals surface area contributed by atoms with Crippen LogP contribution >= 0.6 is 0 Å². The molecule has 20 heavy (non-hydrogen) atoms. The highest BCUT2D eigenvalue weighted by Gasteiger charge is 2.11. The predicted octanol–water partition coefficient (Wildman–Crippen LogP) is 1.13. The van der Waals surface area contributed by atoms with Crippen LogP contribution in [0.3, 0.4) is 0 Å². The molecule has 0 bridgehead atoms. The Labute approximate surface area is 118 Å². The highest BCUT2D eigenvalue weighted by Crippen LogP contribution is 2.08. The fraction of sp³-hybridized carbons (Fsp3) is 0.467. The highest BCUT2D eigenvalue weighted by atomic mass is 16.2. The van der Waals surface area contributed by atoms with Crippen LogP contribution in [0.25, 0.3) is 10.9 Å². The lowest BCUT2D eigenvalue weighted by Gasteiger charge is -2.14. The minimum atomic E-state index is -0.213. The molecule has 1 aromatic carbocycles. The van der Waals surface area contributed by atoms with Crippen molar-refractivity contribution in [2.45, 2.75) is 26.4 Å². The summed E-state index contributed by atoms with van der Waals surface area (Å²) in [6.07, 6.45) is 0.874. The molecule has 2 rings (SSSR count). The summed E-state index contributed by atoms with van der Waals surface area (Å²) >= 11 is 0. The van der Waals surface area contributed by atoms with Crippen LogP contribution in [0.2, 0.25) is 0 Å². The minimum Gasteiger partial charge on any atom is -0.309 e. The van der Waals surface area contributed by atoms with Crippen LogP contribution in [-0.4, -0.2) is 34.7 Å². The quantitative estimate of drug-likeness (QED) is 0.822. The Kier molecular flexibility index (Phi) is 4.39. The predicted molar refractivity (Wildman–Crippen MR) is 81.3 cm³/mol. The molecule has 108 valence electrons. The number of benzene rings is 1. The van der Waals surface area contributed by atoms with Crippen molar-refractivity contribution in [1.82, 2.24) is 14.0 Å². The lowest BCUT2D eigenvalue weighted by atomic mass is 10.2. The van der Waals surface area contributed by atoms with E-state index in [9.17, 15) is 9.59 Å². The third-order valence-corrected chi connectivity index (χ3v) is 3.44. The molecule has 0 unspecified atom stereocenters. The molecule has 0 aliphatic carbocycles. The molecule has 5 nitrogen and oxygen atoms in total. The Morgan fingerprint density at radius 2 is 1.80 bits per heavy atom. The summed E-state index contributed by atoms with van der Waals surface area (Å²) < 4.78 is 3.02. The summed E-state index contributed by atoms with van der Waals surface area (Å²) in [4.78, 5) is 26.8. The van der Waals surface area contributed by atoms with Gasteiger partial charge in [-0.3, -0.25) is 13.9 Å². The van der Waals surface area contributed by atoms with Crippen molar-refractivity contribution >= 4 is 10.9 Å². The third kappa shape index (κ3) is 2.67. The first-order chi connectivity index (χ1) is 9.56. The molecule has 0 aliphatic rings. The van der Waals surface area contributed by atoms with E-state index >= 15 is 0 Å². The molecular weight excluding hydrogens is 254 g/mol. The summed E-state index contributed by atoms with van der Waals surface area (Å²) in [5.74, 6) is 0. The fourth-order valence-electron chi connectivity index (χ4n) is 2.41. The number of para-hydroxylation sites is 1. The molecule has 2 aromatic rings. The van der Waals surface area contributed by atoms with Crippen molar-refractivity contribution in [2.75, 3.05) is 20.6 Å². The minimum absolute atomic E-state index is 0.197. The van der Waals surface area contributed by atoms with Gasteiger partial charge in [0.25, 0.3) is 5.56 Å². The number of fused-ring (bicyclic) bond motifs is 1. The molecule has 0 aliphatic heterocycles. The fourth-order valence-corrected chi connectivity index (χ4v) is 2.41. The zero-order valence-electron chi connectivity index (χ0n) is 12.3. The maximum atomic E-state index is 12.4. The van der Waals surface area contributed by atoms with E-state index in [0.29, 0.717) is 18.5 Å². The number of rotatable bonds is 5. The Bertz CT molecular complexity index is 713. The van der Waals surface area contributed by atoms with Gasteiger partial charge in [-0.1, -0.05) is 12.1 Å². The first kappa shape index (κ1) is 14.5. The molecule has 0 amide bonds. The number of aryl methyl sites for hydroxylation is 1. The standard InChI is InChI=1S/C15H21N3O2/c1-4-17-14(19)12-8-5-6-9-13(12)18(15(17)20)11-7-10-16(2)3/h5-6,8-9H,4,7,10-11H2,1-3H3. The Balaban J connectivity index is 2.57. The molecule has 0 fully saturated rings. The number of nitrogens with zero attached hydrogens (tertiary/aromatic N) is 3. The summed E-state index contributed by atoms with van der Waals surface area (Å²) in [5.41, 5.74) is 0.317. The average molecular weight is 275 g/mol. The Morgan fingerprint density at radius 1 is 1.10 bits per heavy atom. The molecule has 0 N–H and O–H groups in total. The smallest absolute Gasteiger partial charge is 0.309 e. The van der Waals surface area contributed by atoms with Crippen molar-refractivity contribution < 1.29 is 0 Å². The van der Waals surface area contributed by atoms with E-state index in [0.717, 1.165) is 18.5 Å². The van der Waals surface area contributed by atoms with Crippen molar-refractivity contribution in [3.8, 4) is 0 Å². The molecule has 0 spiro atoms. The third-order valence-electron chi connectivity index (χ3n) is 3.44. The molecule has 0 radical (unpaired) electrons. The average Bonchev–Trinajstić information content (AvgIpc) is 2.43. The van der Waals surface area contributed by atoms with Gasteiger partial charge in [0.2, 0.25) is 0 Å². The van der Waals surface area contributed by atoms with Crippen LogP contribution in [0, 0.1) is 0 Å². The number of hydrogen-bond donors (Lipinski definition) is 0. The lowest BCUT2D eigenvalue weighted by Crippen LogP contribution is -2.40. The SMILES string of the molecule is CCn1c(=O)c2ccccc2n(CCCN(C)C)c1=O. The molecule has 1 heterocycles. The molecule has 5 heteroatoms.